The van der Waals surface area contributed by atoms with E-state index >= 15 is 0 Å². The van der Waals surface area contributed by atoms with Crippen LogP contribution in [0.5, 0.6) is 5.75 Å². The number of ether oxygens (including phenoxy) is 1. The third-order valence-corrected chi connectivity index (χ3v) is 2.17. The van der Waals surface area contributed by atoms with Gasteiger partial charge in [-0.1, -0.05) is 20.8 Å². The van der Waals surface area contributed by atoms with Crippen LogP contribution in [-0.4, -0.2) is 11.2 Å². The molecule has 0 fully saturated rings. The third kappa shape index (κ3) is 4.03. The van der Waals surface area contributed by atoms with Gasteiger partial charge in [0.25, 0.3) is 0 Å². The zero-order valence-corrected chi connectivity index (χ0v) is 9.77. The molecule has 16 heavy (non-hydrogen) atoms. The van der Waals surface area contributed by atoms with Crippen LogP contribution in [0.3, 0.4) is 0 Å². The first kappa shape index (κ1) is 12.7. The molecule has 1 aromatic carbocycles. The van der Waals surface area contributed by atoms with Gasteiger partial charge in [-0.3, -0.25) is 0 Å². The summed E-state index contributed by atoms with van der Waals surface area (Å²) < 4.78 is 17.8. The highest BCUT2D eigenvalue weighted by atomic mass is 19.1. The fourth-order valence-corrected chi connectivity index (χ4v) is 0.994. The van der Waals surface area contributed by atoms with Crippen molar-refractivity contribution in [3.05, 3.63) is 42.4 Å². The van der Waals surface area contributed by atoms with Crippen molar-refractivity contribution in [2.75, 3.05) is 0 Å². The average Bonchev–Trinajstić information content (AvgIpc) is 2.19. The van der Waals surface area contributed by atoms with Crippen molar-refractivity contribution in [3.8, 4) is 5.75 Å². The number of hydrogen-bond donors (Lipinski definition) is 1. The van der Waals surface area contributed by atoms with Crippen molar-refractivity contribution in [2.45, 2.75) is 26.9 Å². The van der Waals surface area contributed by atoms with Crippen LogP contribution in [0.2, 0.25) is 0 Å². The maximum absolute atomic E-state index is 12.6. The van der Waals surface area contributed by atoms with Crippen LogP contribution in [-0.2, 0) is 0 Å². The van der Waals surface area contributed by atoms with Gasteiger partial charge in [-0.05, 0) is 35.8 Å². The number of aliphatic hydroxyl groups is 1. The normalized spacial score (nSPS) is 14.1. The van der Waals surface area contributed by atoms with Crippen LogP contribution in [0.1, 0.15) is 20.8 Å². The van der Waals surface area contributed by atoms with Crippen LogP contribution in [0, 0.1) is 11.2 Å². The molecule has 0 bridgehead atoms. The maximum Gasteiger partial charge on any atom is 0.126 e. The molecular formula is C13H17FO2. The van der Waals surface area contributed by atoms with E-state index in [1.54, 1.807) is 6.08 Å². The topological polar surface area (TPSA) is 29.5 Å². The van der Waals surface area contributed by atoms with Gasteiger partial charge in [0.05, 0.1) is 12.4 Å². The second-order valence-electron chi connectivity index (χ2n) is 4.71. The molecule has 0 saturated carbocycles. The first-order valence-electron chi connectivity index (χ1n) is 5.16. The van der Waals surface area contributed by atoms with Crippen molar-refractivity contribution in [1.82, 2.24) is 0 Å². The molecule has 1 aromatic rings. The first-order chi connectivity index (χ1) is 7.39. The standard InChI is InChI=1S/C13H17FO2/c1-13(2,3)12(15)8-9-16-11-6-4-10(14)5-7-11/h4-9,12,15H,1-3H3. The Morgan fingerprint density at radius 2 is 1.81 bits per heavy atom. The lowest BCUT2D eigenvalue weighted by molar-refractivity contribution is 0.104. The fourth-order valence-electron chi connectivity index (χ4n) is 0.994. The van der Waals surface area contributed by atoms with Crippen LogP contribution in [0.15, 0.2) is 36.6 Å². The Labute approximate surface area is 95.4 Å². The van der Waals surface area contributed by atoms with Crippen LogP contribution < -0.4 is 4.74 Å². The fraction of sp³-hybridized carbons (Fsp3) is 0.385. The summed E-state index contributed by atoms with van der Waals surface area (Å²) in [6.07, 6.45) is 2.42. The van der Waals surface area contributed by atoms with Gasteiger partial charge in [0.15, 0.2) is 0 Å². The molecule has 0 heterocycles. The van der Waals surface area contributed by atoms with E-state index in [4.69, 9.17) is 4.74 Å². The molecule has 1 N–H and O–H groups in total. The van der Waals surface area contributed by atoms with Gasteiger partial charge in [0, 0.05) is 0 Å². The molecule has 0 radical (unpaired) electrons. The minimum absolute atomic E-state index is 0.220. The first-order valence-corrected chi connectivity index (χ1v) is 5.16. The summed E-state index contributed by atoms with van der Waals surface area (Å²) in [6.45, 7) is 5.79. The largest absolute Gasteiger partial charge is 0.465 e. The molecule has 2 nitrogen and oxygen atoms in total. The molecule has 0 aliphatic rings. The Morgan fingerprint density at radius 1 is 1.25 bits per heavy atom. The Bertz CT molecular complexity index is 349. The number of benzene rings is 1. The van der Waals surface area contributed by atoms with Gasteiger partial charge < -0.3 is 9.84 Å². The smallest absolute Gasteiger partial charge is 0.126 e. The van der Waals surface area contributed by atoms with E-state index < -0.39 is 6.10 Å². The molecule has 0 aliphatic heterocycles. The molecule has 0 aliphatic carbocycles. The SMILES string of the molecule is CC(C)(C)C(O)C=COc1ccc(F)cc1. The molecule has 0 aromatic heterocycles. The third-order valence-electron chi connectivity index (χ3n) is 2.17. The Balaban J connectivity index is 2.52. The van der Waals surface area contributed by atoms with Crippen molar-refractivity contribution >= 4 is 0 Å². The number of aliphatic hydroxyl groups excluding tert-OH is 1. The van der Waals surface area contributed by atoms with Crippen LogP contribution >= 0.6 is 0 Å². The van der Waals surface area contributed by atoms with Crippen molar-refractivity contribution in [3.63, 3.8) is 0 Å². The van der Waals surface area contributed by atoms with Gasteiger partial charge in [0.2, 0.25) is 0 Å². The lowest BCUT2D eigenvalue weighted by atomic mass is 9.89. The van der Waals surface area contributed by atoms with Gasteiger partial charge in [0.1, 0.15) is 11.6 Å². The summed E-state index contributed by atoms with van der Waals surface area (Å²) in [7, 11) is 0. The second-order valence-corrected chi connectivity index (χ2v) is 4.71. The van der Waals surface area contributed by atoms with E-state index in [2.05, 4.69) is 0 Å². The quantitative estimate of drug-likeness (QED) is 0.799. The lowest BCUT2D eigenvalue weighted by Crippen LogP contribution is -2.23. The molecule has 0 saturated heterocycles. The minimum Gasteiger partial charge on any atom is -0.465 e. The summed E-state index contributed by atoms with van der Waals surface area (Å²) in [5.74, 6) is 0.241. The van der Waals surface area contributed by atoms with Gasteiger partial charge in [-0.25, -0.2) is 4.39 Å². The zero-order chi connectivity index (χ0) is 12.2. The summed E-state index contributed by atoms with van der Waals surface area (Å²) in [6, 6.07) is 5.71. The summed E-state index contributed by atoms with van der Waals surface area (Å²) in [5, 5.41) is 9.68. The minimum atomic E-state index is -0.576. The monoisotopic (exact) mass is 224 g/mol. The Morgan fingerprint density at radius 3 is 2.31 bits per heavy atom. The Kier molecular flexibility index (Phi) is 4.07. The molecule has 3 heteroatoms. The van der Waals surface area contributed by atoms with Crippen LogP contribution in [0.4, 0.5) is 4.39 Å². The number of rotatable bonds is 3. The Hall–Kier alpha value is -1.35. The summed E-state index contributed by atoms with van der Waals surface area (Å²) in [5.41, 5.74) is -0.220. The highest BCUT2D eigenvalue weighted by Crippen LogP contribution is 2.20. The van der Waals surface area contributed by atoms with Gasteiger partial charge in [-0.15, -0.1) is 0 Å². The van der Waals surface area contributed by atoms with Crippen molar-refractivity contribution < 1.29 is 14.2 Å². The van der Waals surface area contributed by atoms with Crippen molar-refractivity contribution in [1.29, 1.82) is 0 Å². The van der Waals surface area contributed by atoms with Gasteiger partial charge >= 0.3 is 0 Å². The van der Waals surface area contributed by atoms with E-state index in [0.29, 0.717) is 5.75 Å². The molecular weight excluding hydrogens is 207 g/mol. The maximum atomic E-state index is 12.6. The van der Waals surface area contributed by atoms with E-state index in [1.807, 2.05) is 20.8 Å². The summed E-state index contributed by atoms with van der Waals surface area (Å²) in [4.78, 5) is 0. The summed E-state index contributed by atoms with van der Waals surface area (Å²) >= 11 is 0. The molecule has 88 valence electrons. The van der Waals surface area contributed by atoms with Gasteiger partial charge in [-0.2, -0.15) is 0 Å². The highest BCUT2D eigenvalue weighted by Gasteiger charge is 2.19. The van der Waals surface area contributed by atoms with E-state index in [0.717, 1.165) is 0 Å². The van der Waals surface area contributed by atoms with Crippen molar-refractivity contribution in [2.24, 2.45) is 5.41 Å². The highest BCUT2D eigenvalue weighted by molar-refractivity contribution is 5.22. The van der Waals surface area contributed by atoms with E-state index in [9.17, 15) is 9.50 Å². The molecule has 0 spiro atoms. The van der Waals surface area contributed by atoms with Crippen LogP contribution in [0.25, 0.3) is 0 Å². The predicted octanol–water partition coefficient (Wildman–Crippen LogP) is 3.13. The number of halogens is 1. The molecule has 1 rings (SSSR count). The lowest BCUT2D eigenvalue weighted by Gasteiger charge is -2.22. The molecule has 1 unspecified atom stereocenters. The number of hydrogen-bond acceptors (Lipinski definition) is 2. The molecule has 0 amide bonds. The second kappa shape index (κ2) is 5.12. The zero-order valence-electron chi connectivity index (χ0n) is 9.77. The average molecular weight is 224 g/mol. The van der Waals surface area contributed by atoms with E-state index in [-0.39, 0.29) is 11.2 Å². The van der Waals surface area contributed by atoms with E-state index in [1.165, 1.54) is 30.5 Å². The molecule has 1 atom stereocenters. The predicted molar refractivity (Wildman–Crippen MR) is 61.6 cm³/mol.